The SMILES string of the molecule is CN(C)c1ccc(C(=O)NC2CCN(S(=O)(=O)c3cccs3)CC2)cc1. The lowest BCUT2D eigenvalue weighted by Gasteiger charge is -2.31. The van der Waals surface area contributed by atoms with Crippen molar-refractivity contribution in [2.24, 2.45) is 0 Å². The minimum absolute atomic E-state index is 0.00851. The molecule has 1 N–H and O–H groups in total. The van der Waals surface area contributed by atoms with Gasteiger partial charge in [-0.25, -0.2) is 8.42 Å². The van der Waals surface area contributed by atoms with Gasteiger partial charge < -0.3 is 10.2 Å². The summed E-state index contributed by atoms with van der Waals surface area (Å²) in [5, 5.41) is 4.78. The molecule has 1 aromatic carbocycles. The van der Waals surface area contributed by atoms with E-state index in [1.54, 1.807) is 29.6 Å². The van der Waals surface area contributed by atoms with E-state index in [2.05, 4.69) is 5.32 Å². The third-order valence-electron chi connectivity index (χ3n) is 4.52. The van der Waals surface area contributed by atoms with Crippen molar-refractivity contribution in [1.29, 1.82) is 0 Å². The average Bonchev–Trinajstić information content (AvgIpc) is 3.18. The molecule has 0 aliphatic carbocycles. The smallest absolute Gasteiger partial charge is 0.252 e. The van der Waals surface area contributed by atoms with Crippen LogP contribution in [0.3, 0.4) is 0 Å². The fourth-order valence-electron chi connectivity index (χ4n) is 2.96. The third kappa shape index (κ3) is 4.08. The van der Waals surface area contributed by atoms with E-state index >= 15 is 0 Å². The maximum atomic E-state index is 12.5. The summed E-state index contributed by atoms with van der Waals surface area (Å²) in [6, 6.07) is 10.8. The van der Waals surface area contributed by atoms with Crippen molar-refractivity contribution in [3.8, 4) is 0 Å². The first-order chi connectivity index (χ1) is 12.4. The standard InChI is InChI=1S/C18H23N3O3S2/c1-20(2)16-7-5-14(6-8-16)18(22)19-15-9-11-21(12-10-15)26(23,24)17-4-3-13-25-17/h3-8,13,15H,9-12H2,1-2H3,(H,19,22). The molecule has 3 rings (SSSR count). The Morgan fingerprint density at radius 2 is 1.81 bits per heavy atom. The number of hydrogen-bond donors (Lipinski definition) is 1. The van der Waals surface area contributed by atoms with Gasteiger partial charge in [0, 0.05) is 44.5 Å². The summed E-state index contributed by atoms with van der Waals surface area (Å²) in [5.41, 5.74) is 1.65. The number of nitrogens with one attached hydrogen (secondary N) is 1. The Morgan fingerprint density at radius 1 is 1.15 bits per heavy atom. The highest BCUT2D eigenvalue weighted by Gasteiger charge is 2.30. The first-order valence-electron chi connectivity index (χ1n) is 8.50. The number of thiophene rings is 1. The minimum Gasteiger partial charge on any atom is -0.378 e. The summed E-state index contributed by atoms with van der Waals surface area (Å²) < 4.78 is 26.9. The molecule has 26 heavy (non-hydrogen) atoms. The van der Waals surface area contributed by atoms with Crippen molar-refractivity contribution >= 4 is 33.0 Å². The molecular weight excluding hydrogens is 370 g/mol. The lowest BCUT2D eigenvalue weighted by atomic mass is 10.1. The van der Waals surface area contributed by atoms with Crippen LogP contribution in [0.15, 0.2) is 46.0 Å². The van der Waals surface area contributed by atoms with E-state index in [0.717, 1.165) is 5.69 Å². The lowest BCUT2D eigenvalue weighted by molar-refractivity contribution is 0.0924. The number of piperidine rings is 1. The summed E-state index contributed by atoms with van der Waals surface area (Å²) in [4.78, 5) is 14.4. The van der Waals surface area contributed by atoms with Gasteiger partial charge in [0.15, 0.2) is 0 Å². The number of nitrogens with zero attached hydrogens (tertiary/aromatic N) is 2. The van der Waals surface area contributed by atoms with E-state index in [0.29, 0.717) is 35.7 Å². The second-order valence-electron chi connectivity index (χ2n) is 6.53. The van der Waals surface area contributed by atoms with Crippen LogP contribution in [0, 0.1) is 0 Å². The van der Waals surface area contributed by atoms with Gasteiger partial charge >= 0.3 is 0 Å². The molecule has 0 atom stereocenters. The molecule has 1 amide bonds. The number of carbonyl (C=O) groups excluding carboxylic acids is 1. The van der Waals surface area contributed by atoms with Gasteiger partial charge in [-0.05, 0) is 48.6 Å². The van der Waals surface area contributed by atoms with Gasteiger partial charge in [-0.15, -0.1) is 11.3 Å². The predicted molar refractivity (Wildman–Crippen MR) is 104 cm³/mol. The average molecular weight is 394 g/mol. The zero-order valence-electron chi connectivity index (χ0n) is 14.9. The van der Waals surface area contributed by atoms with E-state index in [1.807, 2.05) is 31.1 Å². The van der Waals surface area contributed by atoms with Crippen LogP contribution in [-0.4, -0.2) is 51.9 Å². The molecule has 0 unspecified atom stereocenters. The van der Waals surface area contributed by atoms with Gasteiger partial charge in [0.1, 0.15) is 4.21 Å². The summed E-state index contributed by atoms with van der Waals surface area (Å²) in [6.07, 6.45) is 1.23. The van der Waals surface area contributed by atoms with Crippen molar-refractivity contribution < 1.29 is 13.2 Å². The molecule has 1 aliphatic rings. The second kappa shape index (κ2) is 7.77. The largest absolute Gasteiger partial charge is 0.378 e. The summed E-state index contributed by atoms with van der Waals surface area (Å²) >= 11 is 1.23. The lowest BCUT2D eigenvalue weighted by Crippen LogP contribution is -2.46. The second-order valence-corrected chi connectivity index (χ2v) is 9.64. The van der Waals surface area contributed by atoms with Crippen LogP contribution in [0.5, 0.6) is 0 Å². The van der Waals surface area contributed by atoms with Crippen molar-refractivity contribution in [2.45, 2.75) is 23.1 Å². The molecule has 1 aromatic heterocycles. The first kappa shape index (κ1) is 18.9. The fourth-order valence-corrected chi connectivity index (χ4v) is 5.57. The highest BCUT2D eigenvalue weighted by molar-refractivity contribution is 7.91. The van der Waals surface area contributed by atoms with E-state index in [1.165, 1.54) is 15.6 Å². The number of benzene rings is 1. The maximum absolute atomic E-state index is 12.5. The van der Waals surface area contributed by atoms with E-state index < -0.39 is 10.0 Å². The molecule has 1 fully saturated rings. The van der Waals surface area contributed by atoms with Crippen LogP contribution in [0.25, 0.3) is 0 Å². The van der Waals surface area contributed by atoms with Gasteiger partial charge in [-0.3, -0.25) is 4.79 Å². The Labute approximate surface area is 158 Å². The quantitative estimate of drug-likeness (QED) is 0.847. The van der Waals surface area contributed by atoms with E-state index in [-0.39, 0.29) is 11.9 Å². The Bertz CT molecular complexity index is 838. The molecule has 0 bridgehead atoms. The molecule has 0 spiro atoms. The summed E-state index contributed by atoms with van der Waals surface area (Å²) in [7, 11) is 0.502. The zero-order valence-corrected chi connectivity index (χ0v) is 16.5. The Balaban J connectivity index is 1.56. The molecule has 1 saturated heterocycles. The number of carbonyl (C=O) groups is 1. The topological polar surface area (TPSA) is 69.7 Å². The molecule has 1 aliphatic heterocycles. The van der Waals surface area contributed by atoms with Crippen LogP contribution in [-0.2, 0) is 10.0 Å². The fraction of sp³-hybridized carbons (Fsp3) is 0.389. The third-order valence-corrected chi connectivity index (χ3v) is 7.80. The maximum Gasteiger partial charge on any atom is 0.252 e. The number of amides is 1. The Morgan fingerprint density at radius 3 is 2.35 bits per heavy atom. The van der Waals surface area contributed by atoms with Gasteiger partial charge in [-0.1, -0.05) is 6.07 Å². The van der Waals surface area contributed by atoms with Gasteiger partial charge in [-0.2, -0.15) is 4.31 Å². The number of sulfonamides is 1. The van der Waals surface area contributed by atoms with E-state index in [9.17, 15) is 13.2 Å². The molecule has 0 radical (unpaired) electrons. The monoisotopic (exact) mass is 393 g/mol. The van der Waals surface area contributed by atoms with Crippen molar-refractivity contribution in [3.63, 3.8) is 0 Å². The highest BCUT2D eigenvalue weighted by atomic mass is 32.2. The number of rotatable bonds is 5. The molecular formula is C18H23N3O3S2. The molecule has 6 nitrogen and oxygen atoms in total. The van der Waals surface area contributed by atoms with Crippen LogP contribution < -0.4 is 10.2 Å². The Hall–Kier alpha value is -1.90. The molecule has 8 heteroatoms. The first-order valence-corrected chi connectivity index (χ1v) is 10.8. The van der Waals surface area contributed by atoms with Crippen LogP contribution >= 0.6 is 11.3 Å². The molecule has 2 heterocycles. The normalized spacial score (nSPS) is 16.4. The van der Waals surface area contributed by atoms with Gasteiger partial charge in [0.2, 0.25) is 0 Å². The zero-order chi connectivity index (χ0) is 18.7. The van der Waals surface area contributed by atoms with Gasteiger partial charge in [0.25, 0.3) is 15.9 Å². The minimum atomic E-state index is -3.40. The summed E-state index contributed by atoms with van der Waals surface area (Å²) in [6.45, 7) is 0.843. The number of anilines is 1. The summed E-state index contributed by atoms with van der Waals surface area (Å²) in [5.74, 6) is -0.116. The van der Waals surface area contributed by atoms with E-state index in [4.69, 9.17) is 0 Å². The number of hydrogen-bond acceptors (Lipinski definition) is 5. The molecule has 2 aromatic rings. The van der Waals surface area contributed by atoms with Crippen molar-refractivity contribution in [1.82, 2.24) is 9.62 Å². The van der Waals surface area contributed by atoms with Crippen LogP contribution in [0.2, 0.25) is 0 Å². The highest BCUT2D eigenvalue weighted by Crippen LogP contribution is 2.24. The van der Waals surface area contributed by atoms with Crippen molar-refractivity contribution in [2.75, 3.05) is 32.1 Å². The molecule has 140 valence electrons. The Kier molecular flexibility index (Phi) is 5.64. The predicted octanol–water partition coefficient (Wildman–Crippen LogP) is 2.40. The van der Waals surface area contributed by atoms with Crippen LogP contribution in [0.1, 0.15) is 23.2 Å². The van der Waals surface area contributed by atoms with Gasteiger partial charge in [0.05, 0.1) is 0 Å². The molecule has 0 saturated carbocycles. The van der Waals surface area contributed by atoms with Crippen molar-refractivity contribution in [3.05, 3.63) is 47.3 Å². The van der Waals surface area contributed by atoms with Crippen LogP contribution in [0.4, 0.5) is 5.69 Å².